The van der Waals surface area contributed by atoms with Crippen molar-refractivity contribution in [2.75, 3.05) is 19.8 Å². The number of aryl methyl sites for hydroxylation is 2. The second kappa shape index (κ2) is 5.46. The van der Waals surface area contributed by atoms with E-state index in [1.54, 1.807) is 0 Å². The Balaban J connectivity index is 2.30. The first-order chi connectivity index (χ1) is 8.22. The molecule has 0 aromatic carbocycles. The molecule has 0 unspecified atom stereocenters. The smallest absolute Gasteiger partial charge is 0.113 e. The standard InChI is InChI=1S/C13H22N2OS/c1-4-11-10(3)17-12(15-11)13(14-5-2)6-8-16-9-7-13/h14H,4-9H2,1-3H3. The third-order valence-corrected chi connectivity index (χ3v) is 4.72. The molecule has 0 bridgehead atoms. The van der Waals surface area contributed by atoms with Gasteiger partial charge in [-0.3, -0.25) is 0 Å². The van der Waals surface area contributed by atoms with Gasteiger partial charge in [-0.25, -0.2) is 4.98 Å². The van der Waals surface area contributed by atoms with Crippen LogP contribution in [0.4, 0.5) is 0 Å². The van der Waals surface area contributed by atoms with Crippen LogP contribution in [-0.2, 0) is 16.7 Å². The minimum absolute atomic E-state index is 0.0653. The van der Waals surface area contributed by atoms with E-state index in [9.17, 15) is 0 Å². The fraction of sp³-hybridized carbons (Fsp3) is 0.769. The van der Waals surface area contributed by atoms with E-state index in [2.05, 4.69) is 26.1 Å². The van der Waals surface area contributed by atoms with Crippen molar-refractivity contribution in [2.24, 2.45) is 0 Å². The van der Waals surface area contributed by atoms with E-state index in [1.165, 1.54) is 15.6 Å². The molecule has 1 aliphatic rings. The summed E-state index contributed by atoms with van der Waals surface area (Å²) in [5, 5.41) is 4.91. The summed E-state index contributed by atoms with van der Waals surface area (Å²) in [5.41, 5.74) is 1.32. The van der Waals surface area contributed by atoms with Gasteiger partial charge in [0.1, 0.15) is 5.01 Å². The van der Waals surface area contributed by atoms with Gasteiger partial charge in [0.25, 0.3) is 0 Å². The van der Waals surface area contributed by atoms with E-state index in [1.807, 2.05) is 11.3 Å². The Labute approximate surface area is 108 Å². The molecule has 0 amide bonds. The van der Waals surface area contributed by atoms with Crippen LogP contribution in [0, 0.1) is 6.92 Å². The normalized spacial score (nSPS) is 19.5. The van der Waals surface area contributed by atoms with Crippen molar-refractivity contribution in [3.05, 3.63) is 15.6 Å². The Morgan fingerprint density at radius 2 is 2.06 bits per heavy atom. The Kier molecular flexibility index (Phi) is 4.17. The Hall–Kier alpha value is -0.450. The third-order valence-electron chi connectivity index (χ3n) is 3.50. The number of aromatic nitrogens is 1. The number of hydrogen-bond donors (Lipinski definition) is 1. The van der Waals surface area contributed by atoms with Crippen molar-refractivity contribution in [2.45, 2.75) is 45.6 Å². The van der Waals surface area contributed by atoms with Crippen molar-refractivity contribution in [1.82, 2.24) is 10.3 Å². The summed E-state index contributed by atoms with van der Waals surface area (Å²) >= 11 is 1.86. The highest BCUT2D eigenvalue weighted by Crippen LogP contribution is 2.35. The SMILES string of the molecule is CCNC1(c2nc(CC)c(C)s2)CCOCC1. The molecule has 1 aromatic rings. The quantitative estimate of drug-likeness (QED) is 0.897. The lowest BCUT2D eigenvalue weighted by molar-refractivity contribution is 0.0372. The van der Waals surface area contributed by atoms with Gasteiger partial charge in [0.05, 0.1) is 11.2 Å². The van der Waals surface area contributed by atoms with Gasteiger partial charge in [0.2, 0.25) is 0 Å². The molecule has 1 fully saturated rings. The molecule has 0 saturated carbocycles. The Morgan fingerprint density at radius 3 is 2.59 bits per heavy atom. The molecule has 96 valence electrons. The van der Waals surface area contributed by atoms with Crippen LogP contribution in [0.3, 0.4) is 0 Å². The molecule has 3 nitrogen and oxygen atoms in total. The van der Waals surface area contributed by atoms with E-state index >= 15 is 0 Å². The summed E-state index contributed by atoms with van der Waals surface area (Å²) in [6, 6.07) is 0. The van der Waals surface area contributed by atoms with Crippen LogP contribution in [0.1, 0.15) is 42.3 Å². The monoisotopic (exact) mass is 254 g/mol. The molecule has 0 spiro atoms. The van der Waals surface area contributed by atoms with Gasteiger partial charge < -0.3 is 10.1 Å². The zero-order valence-electron chi connectivity index (χ0n) is 11.0. The minimum atomic E-state index is 0.0653. The molecule has 0 atom stereocenters. The average Bonchev–Trinajstić information content (AvgIpc) is 2.73. The molecule has 4 heteroatoms. The first-order valence-electron chi connectivity index (χ1n) is 6.51. The topological polar surface area (TPSA) is 34.2 Å². The van der Waals surface area contributed by atoms with Gasteiger partial charge in [-0.2, -0.15) is 0 Å². The summed E-state index contributed by atoms with van der Waals surface area (Å²) in [6.45, 7) is 9.19. The van der Waals surface area contributed by atoms with Gasteiger partial charge in [0, 0.05) is 18.1 Å². The summed E-state index contributed by atoms with van der Waals surface area (Å²) < 4.78 is 5.49. The van der Waals surface area contributed by atoms with Crippen LogP contribution >= 0.6 is 11.3 Å². The second-order valence-corrected chi connectivity index (χ2v) is 5.80. The number of nitrogens with zero attached hydrogens (tertiary/aromatic N) is 1. The molecular formula is C13H22N2OS. The second-order valence-electron chi connectivity index (χ2n) is 4.60. The lowest BCUT2D eigenvalue weighted by atomic mass is 9.90. The molecule has 17 heavy (non-hydrogen) atoms. The first kappa shape index (κ1) is 13.0. The number of hydrogen-bond acceptors (Lipinski definition) is 4. The highest BCUT2D eigenvalue weighted by Gasteiger charge is 2.36. The van der Waals surface area contributed by atoms with E-state index < -0.39 is 0 Å². The third kappa shape index (κ3) is 2.54. The lowest BCUT2D eigenvalue weighted by Crippen LogP contribution is -2.46. The fourth-order valence-electron chi connectivity index (χ4n) is 2.49. The molecule has 2 heterocycles. The van der Waals surface area contributed by atoms with Crippen molar-refractivity contribution < 1.29 is 4.74 Å². The predicted octanol–water partition coefficient (Wildman–Crippen LogP) is 2.63. The largest absolute Gasteiger partial charge is 0.381 e. The van der Waals surface area contributed by atoms with Gasteiger partial charge in [-0.1, -0.05) is 13.8 Å². The van der Waals surface area contributed by atoms with Crippen molar-refractivity contribution in [3.8, 4) is 0 Å². The summed E-state index contributed by atoms with van der Waals surface area (Å²) in [5.74, 6) is 0. The van der Waals surface area contributed by atoms with Crippen LogP contribution in [0.15, 0.2) is 0 Å². The van der Waals surface area contributed by atoms with Crippen molar-refractivity contribution >= 4 is 11.3 Å². The maximum Gasteiger partial charge on any atom is 0.113 e. The average molecular weight is 254 g/mol. The van der Waals surface area contributed by atoms with Crippen LogP contribution in [0.2, 0.25) is 0 Å². The molecule has 0 aliphatic carbocycles. The number of ether oxygens (including phenoxy) is 1. The summed E-state index contributed by atoms with van der Waals surface area (Å²) in [7, 11) is 0. The van der Waals surface area contributed by atoms with Gasteiger partial charge in [0.15, 0.2) is 0 Å². The van der Waals surface area contributed by atoms with Crippen molar-refractivity contribution in [3.63, 3.8) is 0 Å². The van der Waals surface area contributed by atoms with E-state index in [0.29, 0.717) is 0 Å². The maximum absolute atomic E-state index is 5.49. The van der Waals surface area contributed by atoms with E-state index in [0.717, 1.165) is 39.0 Å². The van der Waals surface area contributed by atoms with Gasteiger partial charge in [-0.05, 0) is 32.7 Å². The molecule has 2 rings (SSSR count). The Morgan fingerprint density at radius 1 is 1.35 bits per heavy atom. The van der Waals surface area contributed by atoms with Crippen LogP contribution in [0.25, 0.3) is 0 Å². The fourth-order valence-corrected chi connectivity index (χ4v) is 3.71. The number of nitrogens with one attached hydrogen (secondary N) is 1. The van der Waals surface area contributed by atoms with E-state index in [-0.39, 0.29) is 5.54 Å². The molecule has 1 aliphatic heterocycles. The summed E-state index contributed by atoms with van der Waals surface area (Å²) in [4.78, 5) is 6.21. The molecule has 0 radical (unpaired) electrons. The van der Waals surface area contributed by atoms with Crippen LogP contribution < -0.4 is 5.32 Å². The zero-order chi connectivity index (χ0) is 12.3. The van der Waals surface area contributed by atoms with Crippen LogP contribution in [-0.4, -0.2) is 24.7 Å². The Bertz CT molecular complexity index is 364. The predicted molar refractivity (Wildman–Crippen MR) is 71.6 cm³/mol. The highest BCUT2D eigenvalue weighted by atomic mass is 32.1. The zero-order valence-corrected chi connectivity index (χ0v) is 11.8. The van der Waals surface area contributed by atoms with Gasteiger partial charge >= 0.3 is 0 Å². The number of thiazole rings is 1. The van der Waals surface area contributed by atoms with E-state index in [4.69, 9.17) is 9.72 Å². The molecule has 1 saturated heterocycles. The lowest BCUT2D eigenvalue weighted by Gasteiger charge is -2.36. The maximum atomic E-state index is 5.49. The van der Waals surface area contributed by atoms with Gasteiger partial charge in [-0.15, -0.1) is 11.3 Å². The molecular weight excluding hydrogens is 232 g/mol. The van der Waals surface area contributed by atoms with Crippen LogP contribution in [0.5, 0.6) is 0 Å². The number of rotatable bonds is 4. The summed E-state index contributed by atoms with van der Waals surface area (Å²) in [6.07, 6.45) is 3.11. The highest BCUT2D eigenvalue weighted by molar-refractivity contribution is 7.11. The minimum Gasteiger partial charge on any atom is -0.381 e. The molecule has 1 aromatic heterocycles. The van der Waals surface area contributed by atoms with Crippen molar-refractivity contribution in [1.29, 1.82) is 0 Å². The molecule has 1 N–H and O–H groups in total. The first-order valence-corrected chi connectivity index (χ1v) is 7.33.